The maximum absolute atomic E-state index is 6.07. The van der Waals surface area contributed by atoms with Crippen LogP contribution in [0.15, 0.2) is 41.4 Å². The molecule has 2 aromatic carbocycles. The largest absolute Gasteiger partial charge is 0.397 e. The van der Waals surface area contributed by atoms with Crippen molar-refractivity contribution in [1.29, 1.82) is 0 Å². The van der Waals surface area contributed by atoms with Gasteiger partial charge >= 0.3 is 0 Å². The van der Waals surface area contributed by atoms with Crippen molar-refractivity contribution >= 4 is 40.4 Å². The molecule has 20 heavy (non-hydrogen) atoms. The topological polar surface area (TPSA) is 90.4 Å². The lowest BCUT2D eigenvalue weighted by atomic mass is 10.1. The zero-order valence-corrected chi connectivity index (χ0v) is 12.1. The van der Waals surface area contributed by atoms with E-state index in [0.717, 1.165) is 11.1 Å². The molecule has 0 saturated carbocycles. The Hall–Kier alpha value is -1.91. The second-order valence-corrected chi connectivity index (χ2v) is 5.12. The average molecular weight is 309 g/mol. The Morgan fingerprint density at radius 2 is 1.75 bits per heavy atom. The molecule has 0 spiro atoms. The molecule has 104 valence electrons. The maximum atomic E-state index is 6.07. The number of halogens is 2. The molecule has 0 bridgehead atoms. The Morgan fingerprint density at radius 1 is 1.00 bits per heavy atom. The third-order valence-corrected chi connectivity index (χ3v) is 3.40. The summed E-state index contributed by atoms with van der Waals surface area (Å²) in [6.45, 7) is 0.367. The summed E-state index contributed by atoms with van der Waals surface area (Å²) in [5.74, 6) is 0.378. The summed E-state index contributed by atoms with van der Waals surface area (Å²) in [4.78, 5) is 4.30. The number of nitrogens with zero attached hydrogens (tertiary/aromatic N) is 1. The summed E-state index contributed by atoms with van der Waals surface area (Å²) < 4.78 is 0. The SMILES string of the molecule is NC(=NCc1ccc(Cl)cc1Cl)c1ccc(N)c(N)c1. The van der Waals surface area contributed by atoms with Crippen molar-refractivity contribution in [3.8, 4) is 0 Å². The van der Waals surface area contributed by atoms with E-state index in [4.69, 9.17) is 40.4 Å². The highest BCUT2D eigenvalue weighted by atomic mass is 35.5. The number of nitrogen functional groups attached to an aromatic ring is 2. The number of anilines is 2. The van der Waals surface area contributed by atoms with Crippen LogP contribution >= 0.6 is 23.2 Å². The van der Waals surface area contributed by atoms with Crippen molar-refractivity contribution in [3.05, 3.63) is 57.6 Å². The van der Waals surface area contributed by atoms with E-state index in [1.165, 1.54) is 0 Å². The van der Waals surface area contributed by atoms with Crippen LogP contribution in [0.3, 0.4) is 0 Å². The average Bonchev–Trinajstić information content (AvgIpc) is 2.40. The normalized spacial score (nSPS) is 11.6. The van der Waals surface area contributed by atoms with Gasteiger partial charge in [-0.3, -0.25) is 4.99 Å². The van der Waals surface area contributed by atoms with Gasteiger partial charge in [0, 0.05) is 15.6 Å². The van der Waals surface area contributed by atoms with Crippen molar-refractivity contribution in [3.63, 3.8) is 0 Å². The molecule has 0 radical (unpaired) electrons. The molecule has 2 rings (SSSR count). The fourth-order valence-electron chi connectivity index (χ4n) is 1.65. The highest BCUT2D eigenvalue weighted by Gasteiger charge is 2.04. The molecule has 0 heterocycles. The van der Waals surface area contributed by atoms with E-state index in [1.807, 2.05) is 6.07 Å². The molecule has 0 aromatic heterocycles. The first-order valence-corrected chi connectivity index (χ1v) is 6.62. The summed E-state index contributed by atoms with van der Waals surface area (Å²) in [6.07, 6.45) is 0. The second-order valence-electron chi connectivity index (χ2n) is 4.28. The van der Waals surface area contributed by atoms with Crippen molar-refractivity contribution in [1.82, 2.24) is 0 Å². The lowest BCUT2D eigenvalue weighted by molar-refractivity contribution is 1.06. The molecule has 0 fully saturated rings. The molecule has 0 aliphatic heterocycles. The molecule has 0 unspecified atom stereocenters. The van der Waals surface area contributed by atoms with Crippen molar-refractivity contribution in [2.75, 3.05) is 11.5 Å². The minimum Gasteiger partial charge on any atom is -0.397 e. The smallest absolute Gasteiger partial charge is 0.126 e. The number of amidine groups is 1. The number of hydrogen-bond acceptors (Lipinski definition) is 3. The van der Waals surface area contributed by atoms with E-state index in [-0.39, 0.29) is 0 Å². The first-order chi connectivity index (χ1) is 9.47. The van der Waals surface area contributed by atoms with Gasteiger partial charge in [-0.25, -0.2) is 0 Å². The van der Waals surface area contributed by atoms with Crippen LogP contribution in [-0.2, 0) is 6.54 Å². The van der Waals surface area contributed by atoms with Gasteiger partial charge in [0.1, 0.15) is 5.84 Å². The van der Waals surface area contributed by atoms with E-state index in [2.05, 4.69) is 4.99 Å². The molecule has 0 atom stereocenters. The first kappa shape index (κ1) is 14.5. The summed E-state index contributed by atoms with van der Waals surface area (Å²) in [5.41, 5.74) is 19.9. The maximum Gasteiger partial charge on any atom is 0.126 e. The predicted octanol–water partition coefficient (Wildman–Crippen LogP) is 3.06. The quantitative estimate of drug-likeness (QED) is 0.462. The van der Waals surface area contributed by atoms with Gasteiger partial charge in [-0.05, 0) is 35.9 Å². The van der Waals surface area contributed by atoms with Crippen molar-refractivity contribution in [2.45, 2.75) is 6.54 Å². The monoisotopic (exact) mass is 308 g/mol. The fourth-order valence-corrected chi connectivity index (χ4v) is 2.11. The Labute approximate surface area is 127 Å². The lowest BCUT2D eigenvalue weighted by Gasteiger charge is -2.06. The van der Waals surface area contributed by atoms with E-state index < -0.39 is 0 Å². The summed E-state index contributed by atoms with van der Waals surface area (Å²) >= 11 is 11.9. The van der Waals surface area contributed by atoms with Gasteiger partial charge in [0.2, 0.25) is 0 Å². The summed E-state index contributed by atoms with van der Waals surface area (Å²) in [7, 11) is 0. The van der Waals surface area contributed by atoms with E-state index in [0.29, 0.717) is 33.8 Å². The van der Waals surface area contributed by atoms with Gasteiger partial charge in [-0.15, -0.1) is 0 Å². The van der Waals surface area contributed by atoms with Crippen molar-refractivity contribution in [2.24, 2.45) is 10.7 Å². The fraction of sp³-hybridized carbons (Fsp3) is 0.0714. The Morgan fingerprint density at radius 3 is 2.40 bits per heavy atom. The summed E-state index contributed by atoms with van der Waals surface area (Å²) in [5, 5.41) is 1.15. The summed E-state index contributed by atoms with van der Waals surface area (Å²) in [6, 6.07) is 10.4. The van der Waals surface area contributed by atoms with Gasteiger partial charge < -0.3 is 17.2 Å². The molecule has 0 amide bonds. The van der Waals surface area contributed by atoms with E-state index >= 15 is 0 Å². The Bertz CT molecular complexity index is 668. The zero-order valence-electron chi connectivity index (χ0n) is 10.6. The van der Waals surface area contributed by atoms with E-state index in [1.54, 1.807) is 30.3 Å². The van der Waals surface area contributed by atoms with Crippen molar-refractivity contribution < 1.29 is 0 Å². The van der Waals surface area contributed by atoms with Crippen LogP contribution in [0.4, 0.5) is 11.4 Å². The molecule has 6 heteroatoms. The number of hydrogen-bond donors (Lipinski definition) is 3. The molecule has 2 aromatic rings. The van der Waals surface area contributed by atoms with Gasteiger partial charge in [0.05, 0.1) is 17.9 Å². The first-order valence-electron chi connectivity index (χ1n) is 5.86. The molecular formula is C14H14Cl2N4. The number of nitrogens with two attached hydrogens (primary N) is 3. The van der Waals surface area contributed by atoms with E-state index in [9.17, 15) is 0 Å². The van der Waals surface area contributed by atoms with Crippen LogP contribution in [0.2, 0.25) is 10.0 Å². The number of benzene rings is 2. The highest BCUT2D eigenvalue weighted by Crippen LogP contribution is 2.22. The minimum atomic E-state index is 0.367. The number of aliphatic imine (C=N–C) groups is 1. The van der Waals surface area contributed by atoms with Crippen LogP contribution < -0.4 is 17.2 Å². The third kappa shape index (κ3) is 3.35. The van der Waals surface area contributed by atoms with Crippen LogP contribution in [0.1, 0.15) is 11.1 Å². The predicted molar refractivity (Wildman–Crippen MR) is 86.2 cm³/mol. The van der Waals surface area contributed by atoms with Crippen LogP contribution in [0, 0.1) is 0 Å². The standard InChI is InChI=1S/C14H14Cl2N4/c15-10-3-1-9(11(16)6-10)7-20-14(19)8-2-4-12(17)13(18)5-8/h1-6H,7,17-18H2,(H2,19,20). The van der Waals surface area contributed by atoms with Gasteiger partial charge in [-0.2, -0.15) is 0 Å². The van der Waals surface area contributed by atoms with Gasteiger partial charge in [0.25, 0.3) is 0 Å². The lowest BCUT2D eigenvalue weighted by Crippen LogP contribution is -2.14. The second kappa shape index (κ2) is 6.03. The zero-order chi connectivity index (χ0) is 14.7. The Balaban J connectivity index is 2.20. The molecular weight excluding hydrogens is 295 g/mol. The molecule has 4 nitrogen and oxygen atoms in total. The van der Waals surface area contributed by atoms with Crippen LogP contribution in [0.25, 0.3) is 0 Å². The van der Waals surface area contributed by atoms with Crippen LogP contribution in [-0.4, -0.2) is 5.84 Å². The molecule has 0 saturated heterocycles. The Kier molecular flexibility index (Phi) is 4.37. The van der Waals surface area contributed by atoms with Crippen LogP contribution in [0.5, 0.6) is 0 Å². The minimum absolute atomic E-state index is 0.367. The van der Waals surface area contributed by atoms with Gasteiger partial charge in [-0.1, -0.05) is 29.3 Å². The number of rotatable bonds is 3. The molecule has 0 aliphatic rings. The molecule has 0 aliphatic carbocycles. The third-order valence-electron chi connectivity index (χ3n) is 2.82. The van der Waals surface area contributed by atoms with Gasteiger partial charge in [0.15, 0.2) is 0 Å². The highest BCUT2D eigenvalue weighted by molar-refractivity contribution is 6.35. The molecule has 6 N–H and O–H groups in total.